The van der Waals surface area contributed by atoms with Crippen LogP contribution in [0.2, 0.25) is 0 Å². The van der Waals surface area contributed by atoms with Crippen LogP contribution in [0, 0.1) is 5.41 Å². The maximum Gasteiger partial charge on any atom is 0.308 e. The number of carbonyl (C=O) groups excluding carboxylic acids is 3. The Morgan fingerprint density at radius 1 is 1.14 bits per heavy atom. The van der Waals surface area contributed by atoms with Gasteiger partial charge in [-0.1, -0.05) is 27.7 Å². The zero-order valence-corrected chi connectivity index (χ0v) is 17.5. The highest BCUT2D eigenvalue weighted by atomic mass is 16.5. The number of allylic oxidation sites excluding steroid dienone is 2. The lowest BCUT2D eigenvalue weighted by atomic mass is 9.68. The number of hydrogen-bond donors (Lipinski definition) is 0. The summed E-state index contributed by atoms with van der Waals surface area (Å²) < 4.78 is 17.2. The van der Waals surface area contributed by atoms with Gasteiger partial charge < -0.3 is 13.9 Å². The van der Waals surface area contributed by atoms with Gasteiger partial charge in [0.25, 0.3) is 0 Å². The van der Waals surface area contributed by atoms with Crippen LogP contribution in [0.3, 0.4) is 0 Å². The Kier molecular flexibility index (Phi) is 4.22. The fourth-order valence-corrected chi connectivity index (χ4v) is 4.40. The van der Waals surface area contributed by atoms with Crippen LogP contribution in [0.4, 0.5) is 0 Å². The highest BCUT2D eigenvalue weighted by molar-refractivity contribution is 6.25. The fourth-order valence-electron chi connectivity index (χ4n) is 4.40. The van der Waals surface area contributed by atoms with Crippen molar-refractivity contribution in [3.8, 4) is 5.75 Å². The Bertz CT molecular complexity index is 1130. The summed E-state index contributed by atoms with van der Waals surface area (Å²) in [4.78, 5) is 37.0. The van der Waals surface area contributed by atoms with Crippen LogP contribution in [0.25, 0.3) is 16.5 Å². The molecule has 0 N–H and O–H groups in total. The quantitative estimate of drug-likeness (QED) is 0.541. The van der Waals surface area contributed by atoms with E-state index < -0.39 is 11.9 Å². The van der Waals surface area contributed by atoms with E-state index in [1.807, 2.05) is 27.7 Å². The molecule has 152 valence electrons. The molecule has 2 aliphatic rings. The van der Waals surface area contributed by atoms with E-state index in [0.717, 1.165) is 17.7 Å². The lowest BCUT2D eigenvalue weighted by Gasteiger charge is -2.35. The molecule has 0 aliphatic heterocycles. The summed E-state index contributed by atoms with van der Waals surface area (Å²) in [7, 11) is 0. The van der Waals surface area contributed by atoms with Crippen molar-refractivity contribution in [3.63, 3.8) is 0 Å². The second kappa shape index (κ2) is 6.31. The van der Waals surface area contributed by atoms with Gasteiger partial charge in [0, 0.05) is 47.9 Å². The minimum absolute atomic E-state index is 0.0149. The Hall–Kier alpha value is -2.89. The molecule has 6 nitrogen and oxygen atoms in total. The summed E-state index contributed by atoms with van der Waals surface area (Å²) in [5.74, 6) is -0.176. The third-order valence-electron chi connectivity index (χ3n) is 5.71. The van der Waals surface area contributed by atoms with Crippen molar-refractivity contribution in [1.82, 2.24) is 0 Å². The van der Waals surface area contributed by atoms with E-state index in [4.69, 9.17) is 13.9 Å². The number of aryl methyl sites for hydroxylation is 1. The van der Waals surface area contributed by atoms with E-state index in [9.17, 15) is 14.4 Å². The third-order valence-corrected chi connectivity index (χ3v) is 5.71. The zero-order chi connectivity index (χ0) is 21.2. The van der Waals surface area contributed by atoms with Crippen LogP contribution in [-0.2, 0) is 20.7 Å². The van der Waals surface area contributed by atoms with Crippen LogP contribution in [0.1, 0.15) is 81.1 Å². The minimum atomic E-state index is -0.535. The topological polar surface area (TPSA) is 82.8 Å². The van der Waals surface area contributed by atoms with Crippen LogP contribution < -0.4 is 4.74 Å². The molecule has 0 saturated heterocycles. The number of rotatable bonds is 3. The molecular weight excluding hydrogens is 372 g/mol. The highest BCUT2D eigenvalue weighted by Gasteiger charge is 2.45. The maximum absolute atomic E-state index is 13.5. The first kappa shape index (κ1) is 19.4. The Morgan fingerprint density at radius 3 is 2.38 bits per heavy atom. The Labute approximate surface area is 168 Å². The second-order valence-electron chi connectivity index (χ2n) is 8.71. The van der Waals surface area contributed by atoms with Crippen LogP contribution >= 0.6 is 0 Å². The van der Waals surface area contributed by atoms with Crippen LogP contribution in [0.5, 0.6) is 5.75 Å². The zero-order valence-electron chi connectivity index (χ0n) is 17.5. The lowest BCUT2D eigenvalue weighted by Crippen LogP contribution is -2.28. The van der Waals surface area contributed by atoms with Gasteiger partial charge in [0.15, 0.2) is 17.1 Å². The Morgan fingerprint density at radius 2 is 1.79 bits per heavy atom. The van der Waals surface area contributed by atoms with Crippen LogP contribution in [0.15, 0.2) is 16.2 Å². The number of hydrogen-bond acceptors (Lipinski definition) is 6. The van der Waals surface area contributed by atoms with E-state index in [0.29, 0.717) is 39.8 Å². The molecule has 29 heavy (non-hydrogen) atoms. The Balaban J connectivity index is 2.15. The number of esters is 2. The molecule has 0 atom stereocenters. The largest absolute Gasteiger partial charge is 0.456 e. The van der Waals surface area contributed by atoms with Gasteiger partial charge in [-0.2, -0.15) is 0 Å². The van der Waals surface area contributed by atoms with Gasteiger partial charge in [-0.05, 0) is 23.8 Å². The molecule has 1 aromatic carbocycles. The van der Waals surface area contributed by atoms with Crippen molar-refractivity contribution in [2.24, 2.45) is 5.41 Å². The van der Waals surface area contributed by atoms with Crippen molar-refractivity contribution in [1.29, 1.82) is 0 Å². The summed E-state index contributed by atoms with van der Waals surface area (Å²) in [6.07, 6.45) is 1.42. The van der Waals surface area contributed by atoms with E-state index >= 15 is 0 Å². The molecule has 0 saturated carbocycles. The SMILES string of the molecule is CC(=O)OC1=C2c3c(oc4c(OC(C)=O)c(C(C)C)cc(c34)C1=O)CCC2(C)C. The highest BCUT2D eigenvalue weighted by Crippen LogP contribution is 2.55. The van der Waals surface area contributed by atoms with Gasteiger partial charge in [-0.3, -0.25) is 14.4 Å². The first-order valence-corrected chi connectivity index (χ1v) is 9.81. The van der Waals surface area contributed by atoms with Crippen molar-refractivity contribution < 1.29 is 28.3 Å². The number of carbonyl (C=O) groups is 3. The first-order chi connectivity index (χ1) is 13.5. The van der Waals surface area contributed by atoms with Gasteiger partial charge in [0.1, 0.15) is 5.76 Å². The number of Topliss-reactive ketones (excluding diaryl/α,β-unsaturated/α-hetero) is 1. The molecule has 0 spiro atoms. The van der Waals surface area contributed by atoms with Crippen molar-refractivity contribution >= 4 is 34.3 Å². The second-order valence-corrected chi connectivity index (χ2v) is 8.71. The van der Waals surface area contributed by atoms with Crippen molar-refractivity contribution in [3.05, 3.63) is 34.3 Å². The molecular formula is C23H24O6. The predicted molar refractivity (Wildman–Crippen MR) is 107 cm³/mol. The first-order valence-electron chi connectivity index (χ1n) is 9.81. The van der Waals surface area contributed by atoms with Gasteiger partial charge in [0.05, 0.1) is 0 Å². The average Bonchev–Trinajstić information content (AvgIpc) is 2.97. The predicted octanol–water partition coefficient (Wildman–Crippen LogP) is 4.92. The molecule has 1 aromatic heterocycles. The third kappa shape index (κ3) is 2.81. The van der Waals surface area contributed by atoms with Gasteiger partial charge in [-0.15, -0.1) is 0 Å². The van der Waals surface area contributed by atoms with E-state index in [-0.39, 0.29) is 22.9 Å². The van der Waals surface area contributed by atoms with Gasteiger partial charge >= 0.3 is 11.9 Å². The van der Waals surface area contributed by atoms with Crippen LogP contribution in [-0.4, -0.2) is 17.7 Å². The smallest absolute Gasteiger partial charge is 0.308 e. The lowest BCUT2D eigenvalue weighted by molar-refractivity contribution is -0.136. The summed E-state index contributed by atoms with van der Waals surface area (Å²) in [5.41, 5.74) is 2.65. The van der Waals surface area contributed by atoms with E-state index in [2.05, 4.69) is 0 Å². The fraction of sp³-hybridized carbons (Fsp3) is 0.435. The molecule has 0 bridgehead atoms. The molecule has 2 aliphatic carbocycles. The number of furan rings is 1. The number of benzene rings is 1. The minimum Gasteiger partial charge on any atom is -0.456 e. The van der Waals surface area contributed by atoms with Crippen molar-refractivity contribution in [2.75, 3.05) is 0 Å². The summed E-state index contributed by atoms with van der Waals surface area (Å²) in [5, 5.41) is 0.643. The molecule has 0 unspecified atom stereocenters. The van der Waals surface area contributed by atoms with Gasteiger partial charge in [-0.25, -0.2) is 0 Å². The molecule has 2 aromatic rings. The van der Waals surface area contributed by atoms with Gasteiger partial charge in [0.2, 0.25) is 5.78 Å². The monoisotopic (exact) mass is 396 g/mol. The standard InChI is InChI=1S/C23H24O6/c1-10(2)13-9-14-16-17-15(29-21(16)20(13)27-11(3)24)7-8-23(5,6)18(17)22(19(14)26)28-12(4)25/h9-10H,7-8H2,1-6H3. The molecule has 0 fully saturated rings. The molecule has 4 rings (SSSR count). The number of ketones is 1. The van der Waals surface area contributed by atoms with E-state index in [1.165, 1.54) is 13.8 Å². The summed E-state index contributed by atoms with van der Waals surface area (Å²) in [6, 6.07) is 1.74. The molecule has 0 amide bonds. The summed E-state index contributed by atoms with van der Waals surface area (Å²) >= 11 is 0. The summed E-state index contributed by atoms with van der Waals surface area (Å²) in [6.45, 7) is 10.6. The molecule has 1 heterocycles. The normalized spacial score (nSPS) is 17.1. The van der Waals surface area contributed by atoms with E-state index in [1.54, 1.807) is 6.07 Å². The molecule has 6 heteroatoms. The maximum atomic E-state index is 13.5. The van der Waals surface area contributed by atoms with Crippen molar-refractivity contribution in [2.45, 2.75) is 60.3 Å². The number of ether oxygens (including phenoxy) is 2. The molecule has 0 radical (unpaired) electrons. The average molecular weight is 396 g/mol.